The fraction of sp³-hybridized carbons (Fsp3) is 0.459. The summed E-state index contributed by atoms with van der Waals surface area (Å²) in [6, 6.07) is 5.38. The van der Waals surface area contributed by atoms with Crippen LogP contribution in [0.4, 0.5) is 21.0 Å². The number of methoxy groups -OCH3 is 2. The number of likely N-dealkylation sites (tertiary alicyclic amines) is 2. The summed E-state index contributed by atoms with van der Waals surface area (Å²) in [6.45, 7) is 8.16. The van der Waals surface area contributed by atoms with Crippen molar-refractivity contribution in [1.29, 1.82) is 0 Å². The van der Waals surface area contributed by atoms with Gasteiger partial charge >= 0.3 is 12.2 Å². The third-order valence-electron chi connectivity index (χ3n) is 8.74. The van der Waals surface area contributed by atoms with Gasteiger partial charge in [0.05, 0.1) is 75.2 Å². The number of rotatable bonds is 20. The molecule has 0 unspecified atom stereocenters. The van der Waals surface area contributed by atoms with E-state index in [0.29, 0.717) is 56.7 Å². The minimum atomic E-state index is -0.780. The van der Waals surface area contributed by atoms with E-state index in [9.17, 15) is 29.4 Å². The fourth-order valence-corrected chi connectivity index (χ4v) is 5.64. The van der Waals surface area contributed by atoms with E-state index in [1.807, 2.05) is 0 Å². The molecule has 0 radical (unpaired) electrons. The first-order valence-corrected chi connectivity index (χ1v) is 17.3. The average Bonchev–Trinajstić information content (AvgIpc) is 3.12. The number of unbranched alkanes of at least 4 members (excludes halogenated alkanes) is 2. The van der Waals surface area contributed by atoms with Crippen LogP contribution >= 0.6 is 0 Å². The van der Waals surface area contributed by atoms with Gasteiger partial charge in [-0.1, -0.05) is 25.3 Å². The molecule has 2 fully saturated rings. The summed E-state index contributed by atoms with van der Waals surface area (Å²) in [5, 5.41) is 24.4. The van der Waals surface area contributed by atoms with E-state index in [1.54, 1.807) is 0 Å². The van der Waals surface area contributed by atoms with E-state index in [2.05, 4.69) is 23.8 Å². The monoisotopic (exact) mass is 740 g/mol. The second-order valence-corrected chi connectivity index (χ2v) is 12.1. The molecule has 0 aliphatic carbocycles. The van der Waals surface area contributed by atoms with Crippen LogP contribution in [0.5, 0.6) is 23.0 Å². The minimum Gasteiger partial charge on any atom is -0.493 e. The number of hydrogen-bond acceptors (Lipinski definition) is 12. The van der Waals surface area contributed by atoms with Crippen LogP contribution in [0.2, 0.25) is 0 Å². The molecule has 0 saturated carbocycles. The van der Waals surface area contributed by atoms with Gasteiger partial charge in [0.2, 0.25) is 0 Å². The standard InChI is InChI=1S/C37H48N4O12/c1-5-14-52-36(46)38-28-20-32(30(48-3)18-26(28)34(44)40-12-10-24(40)22-42)50-16-8-7-9-17-51-33-21-29(39-37(47)53-15-6-2)27(19-31(33)49-4)35(45)41-13-11-25(41)23-43/h5-6,18-21,24-25,42-43H,1-2,7-17,22-23H2,3-4H3,(H,38,46)(H,39,47)/t24-,25-/m0/s1. The summed E-state index contributed by atoms with van der Waals surface area (Å²) in [6.07, 6.45) is 4.53. The SMILES string of the molecule is C=CCOC(=O)Nc1cc(OCCCCCOc2cc(NC(=O)OCC=C)c(C(=O)N3CC[C@H]3CO)cc2OC)c(OC)cc1C(=O)N1CC[C@H]1CO. The lowest BCUT2D eigenvalue weighted by Gasteiger charge is -2.40. The number of aliphatic hydroxyl groups is 2. The first-order chi connectivity index (χ1) is 25.7. The van der Waals surface area contributed by atoms with Crippen molar-refractivity contribution in [3.63, 3.8) is 0 Å². The van der Waals surface area contributed by atoms with E-state index < -0.39 is 12.2 Å². The summed E-state index contributed by atoms with van der Waals surface area (Å²) in [5.41, 5.74) is 0.656. The number of anilines is 2. The lowest BCUT2D eigenvalue weighted by Crippen LogP contribution is -2.53. The van der Waals surface area contributed by atoms with E-state index in [0.717, 1.165) is 0 Å². The Hall–Kier alpha value is -5.48. The number of carbonyl (C=O) groups is 4. The largest absolute Gasteiger partial charge is 0.493 e. The summed E-state index contributed by atoms with van der Waals surface area (Å²) >= 11 is 0. The molecule has 2 heterocycles. The fourth-order valence-electron chi connectivity index (χ4n) is 5.64. The molecule has 0 spiro atoms. The predicted octanol–water partition coefficient (Wildman–Crippen LogP) is 4.21. The van der Waals surface area contributed by atoms with Gasteiger partial charge in [0.25, 0.3) is 11.8 Å². The van der Waals surface area contributed by atoms with Crippen molar-refractivity contribution in [2.75, 3.05) is 77.6 Å². The molecule has 16 heteroatoms. The van der Waals surface area contributed by atoms with E-state index in [4.69, 9.17) is 28.4 Å². The van der Waals surface area contributed by atoms with Crippen LogP contribution in [0.1, 0.15) is 52.8 Å². The van der Waals surface area contributed by atoms with Crippen LogP contribution in [-0.2, 0) is 9.47 Å². The Balaban J connectivity index is 1.38. The molecular formula is C37H48N4O12. The highest BCUT2D eigenvalue weighted by atomic mass is 16.6. The lowest BCUT2D eigenvalue weighted by molar-refractivity contribution is 0.0293. The maximum Gasteiger partial charge on any atom is 0.411 e. The average molecular weight is 741 g/mol. The molecule has 53 heavy (non-hydrogen) atoms. The first-order valence-electron chi connectivity index (χ1n) is 17.3. The van der Waals surface area contributed by atoms with Gasteiger partial charge in [-0.15, -0.1) is 0 Å². The van der Waals surface area contributed by atoms with Gasteiger partial charge in [-0.2, -0.15) is 0 Å². The van der Waals surface area contributed by atoms with Crippen LogP contribution in [0.15, 0.2) is 49.6 Å². The van der Waals surface area contributed by atoms with Crippen molar-refractivity contribution in [2.24, 2.45) is 0 Å². The zero-order chi connectivity index (χ0) is 38.3. The molecule has 2 atom stereocenters. The van der Waals surface area contributed by atoms with Crippen LogP contribution in [0.3, 0.4) is 0 Å². The van der Waals surface area contributed by atoms with Crippen LogP contribution in [0.25, 0.3) is 0 Å². The molecule has 4 amide bonds. The van der Waals surface area contributed by atoms with Crippen molar-refractivity contribution in [1.82, 2.24) is 9.80 Å². The van der Waals surface area contributed by atoms with E-state index in [1.165, 1.54) is 60.4 Å². The van der Waals surface area contributed by atoms with Crippen molar-refractivity contribution in [3.05, 3.63) is 60.7 Å². The molecule has 288 valence electrons. The van der Waals surface area contributed by atoms with Crippen LogP contribution < -0.4 is 29.6 Å². The quantitative estimate of drug-likeness (QED) is 0.112. The Kier molecular flexibility index (Phi) is 15.2. The number of carbonyl (C=O) groups excluding carboxylic acids is 4. The molecule has 4 rings (SSSR count). The third-order valence-corrected chi connectivity index (χ3v) is 8.74. The number of hydrogen-bond donors (Lipinski definition) is 4. The van der Waals surface area contributed by atoms with Crippen LogP contribution in [-0.4, -0.2) is 123 Å². The maximum atomic E-state index is 13.3. The Morgan fingerprint density at radius 1 is 0.698 bits per heavy atom. The van der Waals surface area contributed by atoms with Gasteiger partial charge in [-0.3, -0.25) is 20.2 Å². The van der Waals surface area contributed by atoms with Gasteiger partial charge in [0.1, 0.15) is 13.2 Å². The van der Waals surface area contributed by atoms with Gasteiger partial charge < -0.3 is 48.4 Å². The number of ether oxygens (including phenoxy) is 6. The second kappa shape index (κ2) is 19.9. The number of benzene rings is 2. The highest BCUT2D eigenvalue weighted by Crippen LogP contribution is 2.37. The number of nitrogens with zero attached hydrogens (tertiary/aromatic N) is 2. The molecule has 0 bridgehead atoms. The molecule has 2 aliphatic heterocycles. The normalized spacial score (nSPS) is 15.9. The summed E-state index contributed by atoms with van der Waals surface area (Å²) in [5.74, 6) is 0.427. The lowest BCUT2D eigenvalue weighted by atomic mass is 10.0. The summed E-state index contributed by atoms with van der Waals surface area (Å²) in [7, 11) is 2.89. The highest BCUT2D eigenvalue weighted by molar-refractivity contribution is 6.05. The van der Waals surface area contributed by atoms with Crippen molar-refractivity contribution in [2.45, 2.75) is 44.2 Å². The summed E-state index contributed by atoms with van der Waals surface area (Å²) in [4.78, 5) is 54.6. The third kappa shape index (κ3) is 10.3. The van der Waals surface area contributed by atoms with Gasteiger partial charge in [-0.25, -0.2) is 9.59 Å². The molecule has 0 aromatic heterocycles. The maximum absolute atomic E-state index is 13.3. The van der Waals surface area contributed by atoms with Crippen molar-refractivity contribution < 1.29 is 57.8 Å². The smallest absolute Gasteiger partial charge is 0.411 e. The Morgan fingerprint density at radius 3 is 1.43 bits per heavy atom. The highest BCUT2D eigenvalue weighted by Gasteiger charge is 2.35. The molecule has 4 N–H and O–H groups in total. The Morgan fingerprint density at radius 2 is 1.11 bits per heavy atom. The number of nitrogens with one attached hydrogen (secondary N) is 2. The van der Waals surface area contributed by atoms with E-state index >= 15 is 0 Å². The second-order valence-electron chi connectivity index (χ2n) is 12.1. The van der Waals surface area contributed by atoms with Crippen molar-refractivity contribution >= 4 is 35.4 Å². The zero-order valence-corrected chi connectivity index (χ0v) is 30.1. The Bertz CT molecular complexity index is 1510. The number of aliphatic hydroxyl groups excluding tert-OH is 2. The zero-order valence-electron chi connectivity index (χ0n) is 30.1. The van der Waals surface area contributed by atoms with Crippen LogP contribution in [0, 0.1) is 0 Å². The molecule has 2 aromatic rings. The first kappa shape index (κ1) is 40.3. The summed E-state index contributed by atoms with van der Waals surface area (Å²) < 4.78 is 33.1. The molecule has 2 saturated heterocycles. The topological polar surface area (TPSA) is 195 Å². The van der Waals surface area contributed by atoms with Gasteiger partial charge in [0.15, 0.2) is 23.0 Å². The van der Waals surface area contributed by atoms with Crippen molar-refractivity contribution in [3.8, 4) is 23.0 Å². The van der Waals surface area contributed by atoms with Gasteiger partial charge in [-0.05, 0) is 44.2 Å². The molecule has 16 nitrogen and oxygen atoms in total. The predicted molar refractivity (Wildman–Crippen MR) is 194 cm³/mol. The minimum absolute atomic E-state index is 0.0256. The number of amides is 4. The molecule has 2 aromatic carbocycles. The molecular weight excluding hydrogens is 692 g/mol. The Labute approximate surface area is 308 Å². The van der Waals surface area contributed by atoms with Gasteiger partial charge in [0, 0.05) is 25.2 Å². The molecule has 2 aliphatic rings. The van der Waals surface area contributed by atoms with E-state index in [-0.39, 0.29) is 97.5 Å².